The number of nitrogens with one attached hydrogen (secondary N) is 1. The van der Waals surface area contributed by atoms with E-state index >= 15 is 0 Å². The van der Waals surface area contributed by atoms with E-state index in [9.17, 15) is 22.4 Å². The number of sulfonamides is 1. The summed E-state index contributed by atoms with van der Waals surface area (Å²) in [5, 5.41) is 3.18. The zero-order valence-corrected chi connectivity index (χ0v) is 28.2. The summed E-state index contributed by atoms with van der Waals surface area (Å²) in [4.78, 5) is 30.1. The van der Waals surface area contributed by atoms with Gasteiger partial charge in [0.15, 0.2) is 0 Å². The highest BCUT2D eigenvalue weighted by molar-refractivity contribution is 7.92. The zero-order chi connectivity index (χ0) is 34.1. The molecule has 2 amide bonds. The van der Waals surface area contributed by atoms with Crippen molar-refractivity contribution in [2.24, 2.45) is 0 Å². The number of carbonyl (C=O) groups is 2. The number of anilines is 1. The Kier molecular flexibility index (Phi) is 11.5. The Hall–Kier alpha value is -4.70. The van der Waals surface area contributed by atoms with E-state index in [1.807, 2.05) is 68.4 Å². The predicted octanol–water partition coefficient (Wildman–Crippen LogP) is 6.43. The lowest BCUT2D eigenvalue weighted by atomic mass is 10.0. The summed E-state index contributed by atoms with van der Waals surface area (Å²) in [5.41, 5.74) is 2.94. The maximum Gasteiger partial charge on any atom is 0.264 e. The van der Waals surface area contributed by atoms with Gasteiger partial charge in [-0.2, -0.15) is 0 Å². The Bertz CT molecular complexity index is 1760. The molecule has 48 heavy (non-hydrogen) atoms. The molecular formula is C38H42FN3O5S. The number of benzene rings is 4. The molecule has 1 atom stereocenters. The van der Waals surface area contributed by atoms with Crippen LogP contribution in [0.15, 0.2) is 108 Å². The standard InChI is InChI=1S/C38H42FN3O5S/c1-3-47-34-21-19-33(20-22-34)42(48(45,46)35-23-17-31(39)18-24-35)27-37(43)41(26-30-15-13-28(2)14-16-30)36(25-29-9-5-4-6-10-29)38(44)40-32-11-7-8-12-32/h4-6,9-10,13-24,32,36H,3,7-8,11-12,25-27H2,1-2H3,(H,40,44). The Morgan fingerprint density at radius 3 is 2.15 bits per heavy atom. The number of hydrogen-bond acceptors (Lipinski definition) is 5. The van der Waals surface area contributed by atoms with Crippen LogP contribution >= 0.6 is 0 Å². The maximum absolute atomic E-state index is 14.6. The van der Waals surface area contributed by atoms with Crippen molar-refractivity contribution in [2.45, 2.75) is 69.5 Å². The molecule has 0 bridgehead atoms. The van der Waals surface area contributed by atoms with Crippen LogP contribution in [0.3, 0.4) is 0 Å². The first kappa shape index (κ1) is 34.6. The molecule has 0 aliphatic heterocycles. The Morgan fingerprint density at radius 2 is 1.52 bits per heavy atom. The first-order valence-electron chi connectivity index (χ1n) is 16.3. The molecule has 10 heteroatoms. The number of aryl methyl sites for hydroxylation is 1. The van der Waals surface area contributed by atoms with Crippen molar-refractivity contribution in [1.82, 2.24) is 10.2 Å². The van der Waals surface area contributed by atoms with Crippen molar-refractivity contribution in [3.05, 3.63) is 126 Å². The molecule has 1 saturated carbocycles. The van der Waals surface area contributed by atoms with Gasteiger partial charge in [-0.05, 0) is 86.3 Å². The van der Waals surface area contributed by atoms with Crippen LogP contribution in [0.1, 0.15) is 49.3 Å². The summed E-state index contributed by atoms with van der Waals surface area (Å²) in [5.74, 6) is -0.879. The average molecular weight is 672 g/mol. The highest BCUT2D eigenvalue weighted by Crippen LogP contribution is 2.27. The number of ether oxygens (including phenoxy) is 1. The van der Waals surface area contributed by atoms with E-state index in [1.165, 1.54) is 17.0 Å². The van der Waals surface area contributed by atoms with E-state index in [-0.39, 0.29) is 35.5 Å². The molecule has 8 nitrogen and oxygen atoms in total. The first-order chi connectivity index (χ1) is 23.1. The van der Waals surface area contributed by atoms with Gasteiger partial charge in [0.25, 0.3) is 10.0 Å². The smallest absolute Gasteiger partial charge is 0.264 e. The largest absolute Gasteiger partial charge is 0.494 e. The van der Waals surface area contributed by atoms with Crippen LogP contribution in [0.4, 0.5) is 10.1 Å². The topological polar surface area (TPSA) is 96.0 Å². The van der Waals surface area contributed by atoms with Gasteiger partial charge in [0.05, 0.1) is 17.2 Å². The predicted molar refractivity (Wildman–Crippen MR) is 185 cm³/mol. The minimum absolute atomic E-state index is 0.0197. The van der Waals surface area contributed by atoms with Crippen LogP contribution in [0.25, 0.3) is 0 Å². The quantitative estimate of drug-likeness (QED) is 0.167. The Labute approximate surface area is 282 Å². The van der Waals surface area contributed by atoms with E-state index in [0.717, 1.165) is 58.8 Å². The number of carbonyl (C=O) groups excluding carboxylic acids is 2. The van der Waals surface area contributed by atoms with Crippen molar-refractivity contribution in [1.29, 1.82) is 0 Å². The summed E-state index contributed by atoms with van der Waals surface area (Å²) >= 11 is 0. The number of nitrogens with zero attached hydrogens (tertiary/aromatic N) is 2. The van der Waals surface area contributed by atoms with Gasteiger partial charge in [-0.1, -0.05) is 73.0 Å². The molecule has 0 saturated heterocycles. The second kappa shape index (κ2) is 15.9. The van der Waals surface area contributed by atoms with Gasteiger partial charge < -0.3 is 15.0 Å². The number of rotatable bonds is 14. The second-order valence-corrected chi connectivity index (χ2v) is 14.0. The monoisotopic (exact) mass is 671 g/mol. The molecule has 4 aromatic carbocycles. The molecule has 0 heterocycles. The number of amides is 2. The maximum atomic E-state index is 14.6. The Morgan fingerprint density at radius 1 is 0.875 bits per heavy atom. The average Bonchev–Trinajstić information content (AvgIpc) is 3.60. The summed E-state index contributed by atoms with van der Waals surface area (Å²) < 4.78 is 48.7. The van der Waals surface area contributed by atoms with E-state index in [1.54, 1.807) is 24.3 Å². The third-order valence-corrected chi connectivity index (χ3v) is 10.4. The molecule has 0 radical (unpaired) electrons. The fraction of sp³-hybridized carbons (Fsp3) is 0.316. The molecule has 1 fully saturated rings. The lowest BCUT2D eigenvalue weighted by Crippen LogP contribution is -2.54. The molecule has 252 valence electrons. The normalized spacial score (nSPS) is 13.9. The van der Waals surface area contributed by atoms with Gasteiger partial charge in [0.1, 0.15) is 24.2 Å². The van der Waals surface area contributed by atoms with Crippen molar-refractivity contribution in [2.75, 3.05) is 17.5 Å². The highest BCUT2D eigenvalue weighted by atomic mass is 32.2. The van der Waals surface area contributed by atoms with Gasteiger partial charge in [-0.15, -0.1) is 0 Å². The molecule has 1 aliphatic carbocycles. The Balaban J connectivity index is 1.56. The van der Waals surface area contributed by atoms with Crippen LogP contribution in [-0.4, -0.2) is 50.4 Å². The summed E-state index contributed by atoms with van der Waals surface area (Å²) in [6.45, 7) is 3.73. The highest BCUT2D eigenvalue weighted by Gasteiger charge is 2.35. The van der Waals surface area contributed by atoms with Crippen molar-refractivity contribution < 1.29 is 27.1 Å². The molecule has 1 unspecified atom stereocenters. The molecule has 0 spiro atoms. The molecule has 0 aromatic heterocycles. The number of halogens is 1. The van der Waals surface area contributed by atoms with Crippen LogP contribution < -0.4 is 14.4 Å². The fourth-order valence-electron chi connectivity index (χ4n) is 5.95. The molecular weight excluding hydrogens is 629 g/mol. The zero-order valence-electron chi connectivity index (χ0n) is 27.3. The van der Waals surface area contributed by atoms with E-state index in [0.29, 0.717) is 12.4 Å². The van der Waals surface area contributed by atoms with Gasteiger partial charge >= 0.3 is 0 Å². The molecule has 5 rings (SSSR count). The second-order valence-electron chi connectivity index (χ2n) is 12.1. The van der Waals surface area contributed by atoms with Crippen molar-refractivity contribution >= 4 is 27.5 Å². The van der Waals surface area contributed by atoms with Gasteiger partial charge in [0, 0.05) is 19.0 Å². The van der Waals surface area contributed by atoms with Crippen molar-refractivity contribution in [3.63, 3.8) is 0 Å². The minimum Gasteiger partial charge on any atom is -0.494 e. The van der Waals surface area contributed by atoms with Gasteiger partial charge in [0.2, 0.25) is 11.8 Å². The SMILES string of the molecule is CCOc1ccc(N(CC(=O)N(Cc2ccc(C)cc2)C(Cc2ccccc2)C(=O)NC2CCCC2)S(=O)(=O)c2ccc(F)cc2)cc1. The van der Waals surface area contributed by atoms with Crippen LogP contribution in [-0.2, 0) is 32.6 Å². The van der Waals surface area contributed by atoms with Gasteiger partial charge in [-0.3, -0.25) is 13.9 Å². The molecule has 1 aliphatic rings. The van der Waals surface area contributed by atoms with Gasteiger partial charge in [-0.25, -0.2) is 12.8 Å². The van der Waals surface area contributed by atoms with E-state index in [4.69, 9.17) is 4.74 Å². The van der Waals surface area contributed by atoms with E-state index in [2.05, 4.69) is 5.32 Å². The lowest BCUT2D eigenvalue weighted by molar-refractivity contribution is -0.140. The van der Waals surface area contributed by atoms with Crippen LogP contribution in [0, 0.1) is 12.7 Å². The summed E-state index contributed by atoms with van der Waals surface area (Å²) in [6, 6.07) is 27.2. The van der Waals surface area contributed by atoms with Crippen LogP contribution in [0.5, 0.6) is 5.75 Å². The van der Waals surface area contributed by atoms with E-state index < -0.39 is 34.3 Å². The summed E-state index contributed by atoms with van der Waals surface area (Å²) in [6.07, 6.45) is 4.04. The summed E-state index contributed by atoms with van der Waals surface area (Å²) in [7, 11) is -4.35. The third kappa shape index (κ3) is 8.80. The first-order valence-corrected chi connectivity index (χ1v) is 17.8. The minimum atomic E-state index is -4.35. The number of hydrogen-bond donors (Lipinski definition) is 1. The molecule has 1 N–H and O–H groups in total. The lowest BCUT2D eigenvalue weighted by Gasteiger charge is -2.34. The fourth-order valence-corrected chi connectivity index (χ4v) is 7.36. The molecule has 4 aromatic rings. The van der Waals surface area contributed by atoms with Crippen LogP contribution in [0.2, 0.25) is 0 Å². The third-order valence-electron chi connectivity index (χ3n) is 8.56. The van der Waals surface area contributed by atoms with Crippen molar-refractivity contribution in [3.8, 4) is 5.75 Å².